The minimum atomic E-state index is -4.40. The Hall–Kier alpha value is -4.33. The molecule has 1 saturated carbocycles. The highest BCUT2D eigenvalue weighted by molar-refractivity contribution is 6.04. The van der Waals surface area contributed by atoms with E-state index in [-0.39, 0.29) is 18.7 Å². The standard InChI is InChI=1S/C37H36F3NO4/c1-5-44-34(42)27-17-26-16-25(22-10-13-29(14-11-22)37(38,39)40)12-15-31(26)33(19-27)24-8-6-23(7-9-24)32-20-30-18-28(32)21-41(30)35(43)45-36(2,3)4/h6-17,19,28,30,32H,5,18,20-21H2,1-4H3/t28-,30-,32-/m1/s1. The molecule has 0 spiro atoms. The molecular formula is C37H36F3NO4. The summed E-state index contributed by atoms with van der Waals surface area (Å²) < 4.78 is 50.2. The van der Waals surface area contributed by atoms with Gasteiger partial charge in [0, 0.05) is 12.6 Å². The van der Waals surface area contributed by atoms with Crippen molar-refractivity contribution < 1.29 is 32.2 Å². The maximum atomic E-state index is 13.1. The van der Waals surface area contributed by atoms with Crippen LogP contribution in [-0.4, -0.2) is 41.8 Å². The highest BCUT2D eigenvalue weighted by Crippen LogP contribution is 2.48. The quantitative estimate of drug-likeness (QED) is 0.210. The summed E-state index contributed by atoms with van der Waals surface area (Å²) in [6.07, 6.45) is -2.77. The highest BCUT2D eigenvalue weighted by Gasteiger charge is 2.48. The first-order valence-corrected chi connectivity index (χ1v) is 15.3. The van der Waals surface area contributed by atoms with Gasteiger partial charge in [0.15, 0.2) is 0 Å². The van der Waals surface area contributed by atoms with Crippen molar-refractivity contribution >= 4 is 22.8 Å². The number of halogens is 3. The number of rotatable bonds is 5. The van der Waals surface area contributed by atoms with Crippen LogP contribution >= 0.6 is 0 Å². The van der Waals surface area contributed by atoms with Gasteiger partial charge in [0.25, 0.3) is 0 Å². The van der Waals surface area contributed by atoms with E-state index in [2.05, 4.69) is 24.3 Å². The van der Waals surface area contributed by atoms with Crippen molar-refractivity contribution in [3.8, 4) is 22.3 Å². The maximum absolute atomic E-state index is 13.1. The zero-order chi connectivity index (χ0) is 32.1. The number of nitrogens with zero attached hydrogens (tertiary/aromatic N) is 1. The summed E-state index contributed by atoms with van der Waals surface area (Å²) in [5.74, 6) is 0.301. The number of esters is 1. The van der Waals surface area contributed by atoms with Crippen LogP contribution in [0.4, 0.5) is 18.0 Å². The van der Waals surface area contributed by atoms with Crippen molar-refractivity contribution in [2.75, 3.05) is 13.2 Å². The number of amides is 1. The van der Waals surface area contributed by atoms with Gasteiger partial charge in [0.1, 0.15) is 5.60 Å². The monoisotopic (exact) mass is 615 g/mol. The summed E-state index contributed by atoms with van der Waals surface area (Å²) in [7, 11) is 0. The number of alkyl halides is 3. The maximum Gasteiger partial charge on any atom is 0.416 e. The van der Waals surface area contributed by atoms with E-state index in [1.165, 1.54) is 17.7 Å². The number of piperidine rings is 1. The predicted molar refractivity (Wildman–Crippen MR) is 168 cm³/mol. The van der Waals surface area contributed by atoms with Gasteiger partial charge in [-0.05, 0) is 121 Å². The zero-order valence-corrected chi connectivity index (χ0v) is 25.8. The molecule has 2 fully saturated rings. The Labute approximate surface area is 260 Å². The van der Waals surface area contributed by atoms with Crippen molar-refractivity contribution in [3.05, 3.63) is 95.6 Å². The zero-order valence-electron chi connectivity index (χ0n) is 25.8. The lowest BCUT2D eigenvalue weighted by Gasteiger charge is -2.33. The summed E-state index contributed by atoms with van der Waals surface area (Å²) in [4.78, 5) is 27.4. The Bertz CT molecular complexity index is 1740. The van der Waals surface area contributed by atoms with E-state index < -0.39 is 23.3 Å². The Morgan fingerprint density at radius 3 is 2.11 bits per heavy atom. The molecule has 8 heteroatoms. The van der Waals surface area contributed by atoms with Crippen LogP contribution in [0.3, 0.4) is 0 Å². The lowest BCUT2D eigenvalue weighted by Crippen LogP contribution is -2.42. The van der Waals surface area contributed by atoms with Crippen LogP contribution in [0, 0.1) is 5.92 Å². The second-order valence-electron chi connectivity index (χ2n) is 13.0. The van der Waals surface area contributed by atoms with E-state index in [9.17, 15) is 22.8 Å². The second-order valence-corrected chi connectivity index (χ2v) is 13.0. The molecule has 1 aliphatic heterocycles. The third kappa shape index (κ3) is 6.28. The van der Waals surface area contributed by atoms with E-state index in [0.717, 1.165) is 52.4 Å². The molecule has 2 bridgehead atoms. The summed E-state index contributed by atoms with van der Waals surface area (Å²) in [5.41, 5.74) is 3.61. The predicted octanol–water partition coefficient (Wildman–Crippen LogP) is 9.48. The Kier molecular flexibility index (Phi) is 7.88. The first-order valence-electron chi connectivity index (χ1n) is 15.3. The molecule has 234 valence electrons. The van der Waals surface area contributed by atoms with Gasteiger partial charge < -0.3 is 14.4 Å². The van der Waals surface area contributed by atoms with Gasteiger partial charge in [-0.1, -0.05) is 48.5 Å². The molecule has 0 radical (unpaired) electrons. The first-order chi connectivity index (χ1) is 21.3. The van der Waals surface area contributed by atoms with Crippen LogP contribution in [-0.2, 0) is 15.7 Å². The number of carbonyl (C=O) groups excluding carboxylic acids is 2. The summed E-state index contributed by atoms with van der Waals surface area (Å²) >= 11 is 0. The van der Waals surface area contributed by atoms with Crippen molar-refractivity contribution in [1.82, 2.24) is 4.90 Å². The fraction of sp³-hybridized carbons (Fsp3) is 0.351. The molecule has 1 heterocycles. The first kappa shape index (κ1) is 30.7. The fourth-order valence-electron chi connectivity index (χ4n) is 6.79. The number of ether oxygens (including phenoxy) is 2. The van der Waals surface area contributed by atoms with Crippen molar-refractivity contribution in [2.24, 2.45) is 5.92 Å². The molecule has 0 aromatic heterocycles. The Morgan fingerprint density at radius 2 is 1.51 bits per heavy atom. The largest absolute Gasteiger partial charge is 0.462 e. The molecule has 0 N–H and O–H groups in total. The van der Waals surface area contributed by atoms with Crippen LogP contribution in [0.5, 0.6) is 0 Å². The average Bonchev–Trinajstić information content (AvgIpc) is 3.61. The molecule has 0 unspecified atom stereocenters. The average molecular weight is 616 g/mol. The summed E-state index contributed by atoms with van der Waals surface area (Å²) in [6, 6.07) is 23.0. The van der Waals surface area contributed by atoms with Crippen LogP contribution < -0.4 is 0 Å². The van der Waals surface area contributed by atoms with Crippen molar-refractivity contribution in [2.45, 2.75) is 64.3 Å². The molecule has 6 rings (SSSR count). The summed E-state index contributed by atoms with van der Waals surface area (Å²) in [5, 5.41) is 1.70. The van der Waals surface area contributed by atoms with Gasteiger partial charge in [0.2, 0.25) is 0 Å². The highest BCUT2D eigenvalue weighted by atomic mass is 19.4. The number of carbonyl (C=O) groups is 2. The second kappa shape index (κ2) is 11.5. The van der Waals surface area contributed by atoms with Crippen LogP contribution in [0.1, 0.15) is 67.9 Å². The topological polar surface area (TPSA) is 55.8 Å². The normalized spacial score (nSPS) is 19.6. The lowest BCUT2D eigenvalue weighted by atomic mass is 9.86. The Balaban J connectivity index is 1.29. The van der Waals surface area contributed by atoms with Gasteiger partial charge in [-0.25, -0.2) is 9.59 Å². The van der Waals surface area contributed by atoms with Gasteiger partial charge >= 0.3 is 18.2 Å². The smallest absolute Gasteiger partial charge is 0.416 e. The van der Waals surface area contributed by atoms with Gasteiger partial charge in [-0.3, -0.25) is 0 Å². The number of hydrogen-bond acceptors (Lipinski definition) is 4. The van der Waals surface area contributed by atoms with Crippen molar-refractivity contribution in [3.63, 3.8) is 0 Å². The van der Waals surface area contributed by atoms with E-state index in [4.69, 9.17) is 9.47 Å². The van der Waals surface area contributed by atoms with Crippen LogP contribution in [0.15, 0.2) is 78.9 Å². The molecule has 3 atom stereocenters. The number of benzene rings is 4. The molecule has 45 heavy (non-hydrogen) atoms. The van der Waals surface area contributed by atoms with E-state index in [1.54, 1.807) is 13.0 Å². The fourth-order valence-corrected chi connectivity index (χ4v) is 6.79. The summed E-state index contributed by atoms with van der Waals surface area (Å²) in [6.45, 7) is 8.33. The molecule has 4 aromatic carbocycles. The third-order valence-electron chi connectivity index (χ3n) is 8.83. The molecule has 4 aromatic rings. The molecule has 1 aliphatic carbocycles. The minimum absolute atomic E-state index is 0.179. The number of hydrogen-bond donors (Lipinski definition) is 0. The molecule has 1 amide bonds. The van der Waals surface area contributed by atoms with Gasteiger partial charge in [-0.15, -0.1) is 0 Å². The lowest BCUT2D eigenvalue weighted by molar-refractivity contribution is -0.137. The molecule has 2 aliphatic rings. The van der Waals surface area contributed by atoms with E-state index in [1.807, 2.05) is 49.9 Å². The van der Waals surface area contributed by atoms with Crippen LogP contribution in [0.2, 0.25) is 0 Å². The van der Waals surface area contributed by atoms with E-state index in [0.29, 0.717) is 29.5 Å². The van der Waals surface area contributed by atoms with E-state index >= 15 is 0 Å². The van der Waals surface area contributed by atoms with Crippen LogP contribution in [0.25, 0.3) is 33.0 Å². The van der Waals surface area contributed by atoms with Gasteiger partial charge in [-0.2, -0.15) is 13.2 Å². The van der Waals surface area contributed by atoms with Crippen molar-refractivity contribution in [1.29, 1.82) is 0 Å². The molecule has 5 nitrogen and oxygen atoms in total. The number of likely N-dealkylation sites (tertiary alicyclic amines) is 1. The number of fused-ring (bicyclic) bond motifs is 3. The van der Waals surface area contributed by atoms with Gasteiger partial charge in [0.05, 0.1) is 17.7 Å². The minimum Gasteiger partial charge on any atom is -0.462 e. The SMILES string of the molecule is CCOC(=O)c1cc(-c2ccc([C@H]3C[C@H]4C[C@@H]3CN4C(=O)OC(C)(C)C)cc2)c2ccc(-c3ccc(C(F)(F)F)cc3)cc2c1. The molecular weight excluding hydrogens is 579 g/mol. The third-order valence-corrected chi connectivity index (χ3v) is 8.83. The Morgan fingerprint density at radius 1 is 0.844 bits per heavy atom. The molecule has 1 saturated heterocycles.